The molecule has 4 nitrogen and oxygen atoms in total. The molecule has 0 aliphatic heterocycles. The molecule has 0 radical (unpaired) electrons. The van der Waals surface area contributed by atoms with Gasteiger partial charge >= 0.3 is 0 Å². The van der Waals surface area contributed by atoms with Crippen LogP contribution < -0.4 is 5.32 Å². The number of nitriles is 1. The minimum Gasteiger partial charge on any atom is -0.381 e. The summed E-state index contributed by atoms with van der Waals surface area (Å²) in [4.78, 5) is 4.13. The van der Waals surface area contributed by atoms with Crippen molar-refractivity contribution in [2.24, 2.45) is 0 Å². The lowest BCUT2D eigenvalue weighted by Crippen LogP contribution is -2.07. The monoisotopic (exact) mass is 233 g/mol. The van der Waals surface area contributed by atoms with Gasteiger partial charge in [-0.15, -0.1) is 0 Å². The molecule has 92 valence electrons. The number of ether oxygens (including phenoxy) is 1. The molecule has 4 heteroatoms. The Morgan fingerprint density at radius 3 is 2.94 bits per heavy atom. The Labute approximate surface area is 103 Å². The summed E-state index contributed by atoms with van der Waals surface area (Å²) in [5.74, 6) is 0.748. The van der Waals surface area contributed by atoms with Gasteiger partial charge in [0, 0.05) is 19.8 Å². The summed E-state index contributed by atoms with van der Waals surface area (Å²) in [6.45, 7) is 4.58. The lowest BCUT2D eigenvalue weighted by Gasteiger charge is -2.06. The third kappa shape index (κ3) is 5.88. The molecule has 0 aliphatic carbocycles. The summed E-state index contributed by atoms with van der Waals surface area (Å²) in [5, 5.41) is 11.9. The lowest BCUT2D eigenvalue weighted by molar-refractivity contribution is 0.131. The van der Waals surface area contributed by atoms with Crippen molar-refractivity contribution in [1.82, 2.24) is 4.98 Å². The molecule has 17 heavy (non-hydrogen) atoms. The molecule has 0 spiro atoms. The van der Waals surface area contributed by atoms with Crippen molar-refractivity contribution in [3.8, 4) is 6.07 Å². The van der Waals surface area contributed by atoms with Crippen molar-refractivity contribution in [1.29, 1.82) is 5.26 Å². The molecule has 0 aliphatic rings. The van der Waals surface area contributed by atoms with E-state index in [2.05, 4.69) is 17.2 Å². The number of rotatable bonds is 8. The molecule has 0 bridgehead atoms. The van der Waals surface area contributed by atoms with Crippen LogP contribution in [-0.4, -0.2) is 24.7 Å². The maximum atomic E-state index is 8.69. The number of hydrogen-bond donors (Lipinski definition) is 1. The number of pyridine rings is 1. The van der Waals surface area contributed by atoms with E-state index in [0.29, 0.717) is 5.69 Å². The van der Waals surface area contributed by atoms with Gasteiger partial charge in [-0.3, -0.25) is 0 Å². The van der Waals surface area contributed by atoms with E-state index in [1.54, 1.807) is 6.07 Å². The average Bonchev–Trinajstić information content (AvgIpc) is 2.38. The standard InChI is InChI=1S/C13H19N3O/c1-2-3-9-17-10-5-8-15-13-7-4-6-12(11-14)16-13/h4,6-7H,2-3,5,8-10H2,1H3,(H,15,16). The number of unbranched alkanes of at least 4 members (excludes halogenated alkanes) is 1. The van der Waals surface area contributed by atoms with Crippen molar-refractivity contribution in [2.75, 3.05) is 25.1 Å². The van der Waals surface area contributed by atoms with Crippen LogP contribution >= 0.6 is 0 Å². The van der Waals surface area contributed by atoms with Crippen molar-refractivity contribution >= 4 is 5.82 Å². The third-order valence-electron chi connectivity index (χ3n) is 2.28. The van der Waals surface area contributed by atoms with Gasteiger partial charge in [-0.1, -0.05) is 19.4 Å². The zero-order valence-electron chi connectivity index (χ0n) is 10.3. The Morgan fingerprint density at radius 2 is 2.18 bits per heavy atom. The van der Waals surface area contributed by atoms with E-state index in [0.717, 1.165) is 38.4 Å². The summed E-state index contributed by atoms with van der Waals surface area (Å²) in [6.07, 6.45) is 3.24. The van der Waals surface area contributed by atoms with Gasteiger partial charge in [0.05, 0.1) is 0 Å². The van der Waals surface area contributed by atoms with Crippen LogP contribution in [0.1, 0.15) is 31.9 Å². The number of nitrogens with zero attached hydrogens (tertiary/aromatic N) is 2. The average molecular weight is 233 g/mol. The van der Waals surface area contributed by atoms with Crippen molar-refractivity contribution in [3.05, 3.63) is 23.9 Å². The van der Waals surface area contributed by atoms with Gasteiger partial charge in [0.15, 0.2) is 0 Å². The molecule has 0 atom stereocenters. The minimum absolute atomic E-state index is 0.439. The first kappa shape index (κ1) is 13.5. The molecule has 1 heterocycles. The maximum absolute atomic E-state index is 8.69. The highest BCUT2D eigenvalue weighted by Gasteiger charge is 1.95. The van der Waals surface area contributed by atoms with Crippen LogP contribution in [0.2, 0.25) is 0 Å². The Hall–Kier alpha value is -1.60. The van der Waals surface area contributed by atoms with Gasteiger partial charge in [-0.25, -0.2) is 4.98 Å². The normalized spacial score (nSPS) is 9.88. The zero-order valence-corrected chi connectivity index (χ0v) is 10.3. The molecule has 0 saturated carbocycles. The van der Waals surface area contributed by atoms with Crippen LogP contribution in [-0.2, 0) is 4.74 Å². The highest BCUT2D eigenvalue weighted by Crippen LogP contribution is 2.03. The fourth-order valence-corrected chi connectivity index (χ4v) is 1.33. The second-order valence-electron chi connectivity index (χ2n) is 3.77. The molecule has 0 fully saturated rings. The van der Waals surface area contributed by atoms with E-state index in [1.807, 2.05) is 18.2 Å². The number of hydrogen-bond acceptors (Lipinski definition) is 4. The minimum atomic E-state index is 0.439. The highest BCUT2D eigenvalue weighted by molar-refractivity contribution is 5.38. The van der Waals surface area contributed by atoms with Crippen LogP contribution in [0, 0.1) is 11.3 Å². The Morgan fingerprint density at radius 1 is 1.35 bits per heavy atom. The third-order valence-corrected chi connectivity index (χ3v) is 2.28. The molecule has 1 N–H and O–H groups in total. The largest absolute Gasteiger partial charge is 0.381 e. The predicted molar refractivity (Wildman–Crippen MR) is 67.8 cm³/mol. The number of anilines is 1. The molecular weight excluding hydrogens is 214 g/mol. The van der Waals surface area contributed by atoms with E-state index < -0.39 is 0 Å². The first-order valence-electron chi connectivity index (χ1n) is 6.05. The smallest absolute Gasteiger partial charge is 0.142 e. The van der Waals surface area contributed by atoms with Gasteiger partial charge in [0.2, 0.25) is 0 Å². The quantitative estimate of drug-likeness (QED) is 0.701. The van der Waals surface area contributed by atoms with E-state index in [1.165, 1.54) is 6.42 Å². The molecule has 0 aromatic carbocycles. The SMILES string of the molecule is CCCCOCCCNc1cccc(C#N)n1. The second kappa shape index (κ2) is 8.54. The fourth-order valence-electron chi connectivity index (χ4n) is 1.33. The van der Waals surface area contributed by atoms with Gasteiger partial charge in [0.1, 0.15) is 17.6 Å². The summed E-state index contributed by atoms with van der Waals surface area (Å²) in [5.41, 5.74) is 0.439. The summed E-state index contributed by atoms with van der Waals surface area (Å²) >= 11 is 0. The summed E-state index contributed by atoms with van der Waals surface area (Å²) < 4.78 is 5.44. The van der Waals surface area contributed by atoms with E-state index in [-0.39, 0.29) is 0 Å². The van der Waals surface area contributed by atoms with Crippen molar-refractivity contribution < 1.29 is 4.74 Å². The maximum Gasteiger partial charge on any atom is 0.142 e. The van der Waals surface area contributed by atoms with E-state index in [9.17, 15) is 0 Å². The van der Waals surface area contributed by atoms with E-state index >= 15 is 0 Å². The summed E-state index contributed by atoms with van der Waals surface area (Å²) in [7, 11) is 0. The van der Waals surface area contributed by atoms with Crippen LogP contribution in [0.4, 0.5) is 5.82 Å². The van der Waals surface area contributed by atoms with Gasteiger partial charge in [0.25, 0.3) is 0 Å². The molecule has 1 rings (SSSR count). The van der Waals surface area contributed by atoms with Crippen molar-refractivity contribution in [3.63, 3.8) is 0 Å². The second-order valence-corrected chi connectivity index (χ2v) is 3.77. The zero-order chi connectivity index (χ0) is 12.3. The topological polar surface area (TPSA) is 57.9 Å². The van der Waals surface area contributed by atoms with Crippen LogP contribution in [0.25, 0.3) is 0 Å². The number of aromatic nitrogens is 1. The highest BCUT2D eigenvalue weighted by atomic mass is 16.5. The molecule has 1 aromatic rings. The molecule has 0 unspecified atom stereocenters. The summed E-state index contributed by atoms with van der Waals surface area (Å²) in [6, 6.07) is 7.39. The van der Waals surface area contributed by atoms with Crippen LogP contribution in [0.15, 0.2) is 18.2 Å². The molecule has 0 amide bonds. The van der Waals surface area contributed by atoms with Crippen LogP contribution in [0.5, 0.6) is 0 Å². The predicted octanol–water partition coefficient (Wildman–Crippen LogP) is 2.57. The Bertz CT molecular complexity index is 360. The molecule has 0 saturated heterocycles. The Kier molecular flexibility index (Phi) is 6.76. The van der Waals surface area contributed by atoms with Crippen LogP contribution in [0.3, 0.4) is 0 Å². The number of nitrogens with one attached hydrogen (secondary N) is 1. The van der Waals surface area contributed by atoms with E-state index in [4.69, 9.17) is 10.00 Å². The van der Waals surface area contributed by atoms with Gasteiger partial charge < -0.3 is 10.1 Å². The van der Waals surface area contributed by atoms with Gasteiger partial charge in [-0.2, -0.15) is 5.26 Å². The lowest BCUT2D eigenvalue weighted by atomic mass is 10.3. The Balaban J connectivity index is 2.12. The molecular formula is C13H19N3O. The van der Waals surface area contributed by atoms with Crippen molar-refractivity contribution in [2.45, 2.75) is 26.2 Å². The fraction of sp³-hybridized carbons (Fsp3) is 0.538. The molecule has 1 aromatic heterocycles. The first-order valence-corrected chi connectivity index (χ1v) is 6.05. The van der Waals surface area contributed by atoms with Gasteiger partial charge in [-0.05, 0) is 25.0 Å². The first-order chi connectivity index (χ1) is 8.36.